The normalized spacial score (nSPS) is 12.8. The van der Waals surface area contributed by atoms with Gasteiger partial charge in [-0.05, 0) is 13.8 Å². The Bertz CT molecular complexity index is 312. The molecule has 0 aliphatic heterocycles. The number of aryl methyl sites for hydroxylation is 1. The second-order valence-corrected chi connectivity index (χ2v) is 3.82. The van der Waals surface area contributed by atoms with Crippen LogP contribution in [0.2, 0.25) is 0 Å². The molecule has 0 amide bonds. The third-order valence-electron chi connectivity index (χ3n) is 2.38. The van der Waals surface area contributed by atoms with Gasteiger partial charge in [0, 0.05) is 33.5 Å². The highest BCUT2D eigenvalue weighted by Gasteiger charge is 2.06. The van der Waals surface area contributed by atoms with E-state index >= 15 is 0 Å². The van der Waals surface area contributed by atoms with Crippen LogP contribution in [0.15, 0.2) is 6.20 Å². The number of nitrogens with zero attached hydrogens (tertiary/aromatic N) is 2. The number of nitrogens with one attached hydrogen (secondary N) is 1. The Morgan fingerprint density at radius 3 is 2.88 bits per heavy atom. The highest BCUT2D eigenvalue weighted by molar-refractivity contribution is 5.28. The highest BCUT2D eigenvalue weighted by Crippen LogP contribution is 2.08. The smallest absolute Gasteiger partial charge is 0.203 e. The average Bonchev–Trinajstić information content (AvgIpc) is 2.63. The molecule has 0 spiro atoms. The number of anilines is 1. The molecule has 0 saturated carbocycles. The number of methoxy groups -OCH3 is 2. The van der Waals surface area contributed by atoms with Gasteiger partial charge in [-0.3, -0.25) is 0 Å². The van der Waals surface area contributed by atoms with Crippen LogP contribution < -0.4 is 5.32 Å². The Morgan fingerprint density at radius 1 is 1.50 bits per heavy atom. The van der Waals surface area contributed by atoms with E-state index in [-0.39, 0.29) is 6.10 Å². The molecule has 1 atom stereocenters. The number of rotatable bonds is 7. The maximum Gasteiger partial charge on any atom is 0.203 e. The Balaban J connectivity index is 2.56. The summed E-state index contributed by atoms with van der Waals surface area (Å²) in [5.41, 5.74) is 1.00. The first kappa shape index (κ1) is 13.0. The van der Waals surface area contributed by atoms with E-state index in [1.807, 2.05) is 20.0 Å². The van der Waals surface area contributed by atoms with Crippen LogP contribution in [0.1, 0.15) is 12.6 Å². The number of ether oxygens (including phenoxy) is 2. The lowest BCUT2D eigenvalue weighted by atomic mass is 10.4. The molecule has 0 bridgehead atoms. The molecule has 0 saturated heterocycles. The highest BCUT2D eigenvalue weighted by atomic mass is 16.5. The Labute approximate surface area is 96.8 Å². The van der Waals surface area contributed by atoms with E-state index in [1.54, 1.807) is 14.2 Å². The molecular weight excluding hydrogens is 206 g/mol. The summed E-state index contributed by atoms with van der Waals surface area (Å²) in [5.74, 6) is 0.874. The van der Waals surface area contributed by atoms with Crippen molar-refractivity contribution in [1.29, 1.82) is 0 Å². The Morgan fingerprint density at radius 2 is 2.25 bits per heavy atom. The van der Waals surface area contributed by atoms with Crippen molar-refractivity contribution in [2.45, 2.75) is 26.5 Å². The van der Waals surface area contributed by atoms with E-state index in [2.05, 4.69) is 14.9 Å². The molecule has 5 heteroatoms. The van der Waals surface area contributed by atoms with Gasteiger partial charge in [0.1, 0.15) is 0 Å². The molecule has 1 aromatic heterocycles. The molecule has 1 heterocycles. The van der Waals surface area contributed by atoms with Crippen molar-refractivity contribution in [2.24, 2.45) is 0 Å². The molecule has 0 aromatic carbocycles. The summed E-state index contributed by atoms with van der Waals surface area (Å²) in [6.45, 7) is 6.24. The molecule has 1 aromatic rings. The van der Waals surface area contributed by atoms with Gasteiger partial charge in [0.05, 0.1) is 18.4 Å². The van der Waals surface area contributed by atoms with Crippen LogP contribution in [0.5, 0.6) is 0 Å². The van der Waals surface area contributed by atoms with Gasteiger partial charge in [-0.1, -0.05) is 0 Å². The van der Waals surface area contributed by atoms with Crippen LogP contribution in [0.4, 0.5) is 5.95 Å². The van der Waals surface area contributed by atoms with Gasteiger partial charge in [-0.25, -0.2) is 4.98 Å². The molecule has 0 radical (unpaired) electrons. The average molecular weight is 227 g/mol. The van der Waals surface area contributed by atoms with Crippen LogP contribution in [-0.2, 0) is 16.0 Å². The van der Waals surface area contributed by atoms with E-state index in [4.69, 9.17) is 9.47 Å². The summed E-state index contributed by atoms with van der Waals surface area (Å²) in [7, 11) is 3.40. The van der Waals surface area contributed by atoms with Crippen molar-refractivity contribution in [3.63, 3.8) is 0 Å². The van der Waals surface area contributed by atoms with Gasteiger partial charge in [-0.15, -0.1) is 0 Å². The zero-order valence-corrected chi connectivity index (χ0v) is 10.5. The summed E-state index contributed by atoms with van der Waals surface area (Å²) in [6.07, 6.45) is 2.19. The Kier molecular flexibility index (Phi) is 5.28. The van der Waals surface area contributed by atoms with Crippen LogP contribution in [0.3, 0.4) is 0 Å². The SMILES string of the molecule is COCCn1cc(C)nc1NCC(C)OC. The topological polar surface area (TPSA) is 48.3 Å². The molecule has 5 nitrogen and oxygen atoms in total. The minimum Gasteiger partial charge on any atom is -0.383 e. The van der Waals surface area contributed by atoms with Crippen molar-refractivity contribution in [1.82, 2.24) is 9.55 Å². The van der Waals surface area contributed by atoms with Gasteiger partial charge in [-0.2, -0.15) is 0 Å². The third-order valence-corrected chi connectivity index (χ3v) is 2.38. The lowest BCUT2D eigenvalue weighted by Gasteiger charge is -2.12. The van der Waals surface area contributed by atoms with Crippen molar-refractivity contribution >= 4 is 5.95 Å². The van der Waals surface area contributed by atoms with Gasteiger partial charge < -0.3 is 19.4 Å². The molecule has 0 aliphatic rings. The van der Waals surface area contributed by atoms with E-state index in [9.17, 15) is 0 Å². The van der Waals surface area contributed by atoms with Crippen LogP contribution >= 0.6 is 0 Å². The largest absolute Gasteiger partial charge is 0.383 e. The first-order valence-corrected chi connectivity index (χ1v) is 5.46. The van der Waals surface area contributed by atoms with Crippen molar-refractivity contribution in [3.8, 4) is 0 Å². The van der Waals surface area contributed by atoms with Crippen LogP contribution in [0.25, 0.3) is 0 Å². The second kappa shape index (κ2) is 6.50. The summed E-state index contributed by atoms with van der Waals surface area (Å²) in [5, 5.41) is 3.26. The molecule has 1 N–H and O–H groups in total. The molecular formula is C11H21N3O2. The summed E-state index contributed by atoms with van der Waals surface area (Å²) < 4.78 is 12.3. The fraction of sp³-hybridized carbons (Fsp3) is 0.727. The van der Waals surface area contributed by atoms with Crippen molar-refractivity contribution in [2.75, 3.05) is 32.7 Å². The van der Waals surface area contributed by atoms with Gasteiger partial charge >= 0.3 is 0 Å². The van der Waals surface area contributed by atoms with E-state index in [1.165, 1.54) is 0 Å². The van der Waals surface area contributed by atoms with E-state index in [0.717, 1.165) is 24.7 Å². The molecule has 16 heavy (non-hydrogen) atoms. The quantitative estimate of drug-likeness (QED) is 0.762. The minimum absolute atomic E-state index is 0.174. The summed E-state index contributed by atoms with van der Waals surface area (Å²) in [4.78, 5) is 4.41. The maximum atomic E-state index is 5.18. The van der Waals surface area contributed by atoms with Crippen molar-refractivity contribution in [3.05, 3.63) is 11.9 Å². The predicted octanol–water partition coefficient (Wildman–Crippen LogP) is 1.28. The lowest BCUT2D eigenvalue weighted by Crippen LogP contribution is -2.20. The summed E-state index contributed by atoms with van der Waals surface area (Å²) >= 11 is 0. The van der Waals surface area contributed by atoms with Gasteiger partial charge in [0.2, 0.25) is 5.95 Å². The number of imidazole rings is 1. The maximum absolute atomic E-state index is 5.18. The summed E-state index contributed by atoms with van der Waals surface area (Å²) in [6, 6.07) is 0. The number of hydrogen-bond acceptors (Lipinski definition) is 4. The van der Waals surface area contributed by atoms with Gasteiger partial charge in [0.15, 0.2) is 0 Å². The Hall–Kier alpha value is -1.07. The molecule has 1 unspecified atom stereocenters. The molecule has 0 aliphatic carbocycles. The standard InChI is InChI=1S/C11H21N3O2/c1-9-8-14(5-6-15-3)11(13-9)12-7-10(2)16-4/h8,10H,5-7H2,1-4H3,(H,12,13). The van der Waals surface area contributed by atoms with E-state index in [0.29, 0.717) is 6.61 Å². The van der Waals surface area contributed by atoms with Crippen LogP contribution in [-0.4, -0.2) is 43.0 Å². The molecule has 92 valence electrons. The second-order valence-electron chi connectivity index (χ2n) is 3.82. The predicted molar refractivity (Wildman–Crippen MR) is 63.8 cm³/mol. The van der Waals surface area contributed by atoms with Crippen molar-refractivity contribution < 1.29 is 9.47 Å². The first-order chi connectivity index (χ1) is 7.67. The zero-order chi connectivity index (χ0) is 12.0. The molecule has 0 fully saturated rings. The fourth-order valence-electron chi connectivity index (χ4n) is 1.37. The monoisotopic (exact) mass is 227 g/mol. The number of hydrogen-bond donors (Lipinski definition) is 1. The first-order valence-electron chi connectivity index (χ1n) is 5.46. The minimum atomic E-state index is 0.174. The number of aromatic nitrogens is 2. The third kappa shape index (κ3) is 3.83. The zero-order valence-electron chi connectivity index (χ0n) is 10.5. The molecule has 1 rings (SSSR count). The lowest BCUT2D eigenvalue weighted by molar-refractivity contribution is 0.128. The van der Waals surface area contributed by atoms with E-state index < -0.39 is 0 Å². The van der Waals surface area contributed by atoms with Gasteiger partial charge in [0.25, 0.3) is 0 Å². The van der Waals surface area contributed by atoms with Crippen LogP contribution in [0, 0.1) is 6.92 Å². The fourth-order valence-corrected chi connectivity index (χ4v) is 1.37.